The van der Waals surface area contributed by atoms with E-state index in [-0.39, 0.29) is 0 Å². The molecule has 0 radical (unpaired) electrons. The number of hydrogen-bond acceptors (Lipinski definition) is 5. The number of pyridine rings is 1. The molecule has 0 amide bonds. The monoisotopic (exact) mass is 266 g/mol. The quantitative estimate of drug-likeness (QED) is 0.746. The Bertz CT molecular complexity index is 473. The molecule has 1 N–H and O–H groups in total. The molecule has 0 aliphatic carbocycles. The highest BCUT2D eigenvalue weighted by atomic mass is 32.1. The summed E-state index contributed by atoms with van der Waals surface area (Å²) in [7, 11) is 1.68. The van der Waals surface area contributed by atoms with Gasteiger partial charge in [-0.1, -0.05) is 0 Å². The molecule has 0 atom stereocenters. The Hall–Kier alpha value is -1.17. The number of nitrogens with one attached hydrogen (secondary N) is 1. The summed E-state index contributed by atoms with van der Waals surface area (Å²) in [5.74, 6) is 0.964. The minimum absolute atomic E-state index is 0.656. The van der Waals surface area contributed by atoms with Crippen LogP contribution in [0.1, 0.15) is 6.42 Å². The first-order valence-corrected chi connectivity index (χ1v) is 6.92. The molecule has 0 fully saturated rings. The van der Waals surface area contributed by atoms with Crippen molar-refractivity contribution in [2.45, 2.75) is 6.42 Å². The van der Waals surface area contributed by atoms with Gasteiger partial charge in [-0.15, -0.1) is 11.3 Å². The molecule has 18 heavy (non-hydrogen) atoms. The van der Waals surface area contributed by atoms with Crippen molar-refractivity contribution >= 4 is 27.2 Å². The Morgan fingerprint density at radius 1 is 1.28 bits per heavy atom. The Labute approximate surface area is 111 Å². The van der Waals surface area contributed by atoms with E-state index < -0.39 is 0 Å². The van der Waals surface area contributed by atoms with Crippen molar-refractivity contribution < 1.29 is 9.47 Å². The predicted molar refractivity (Wildman–Crippen MR) is 75.4 cm³/mol. The van der Waals surface area contributed by atoms with Gasteiger partial charge >= 0.3 is 0 Å². The number of hydrogen-bond donors (Lipinski definition) is 1. The zero-order valence-electron chi connectivity index (χ0n) is 10.5. The van der Waals surface area contributed by atoms with Crippen LogP contribution in [-0.2, 0) is 9.47 Å². The lowest BCUT2D eigenvalue weighted by atomic mass is 10.3. The Balaban J connectivity index is 1.72. The summed E-state index contributed by atoms with van der Waals surface area (Å²) in [5, 5.41) is 6.63. The van der Waals surface area contributed by atoms with Crippen LogP contribution < -0.4 is 5.32 Å². The Kier molecular flexibility index (Phi) is 5.38. The number of thiophene rings is 1. The van der Waals surface area contributed by atoms with Gasteiger partial charge in [-0.25, -0.2) is 4.98 Å². The summed E-state index contributed by atoms with van der Waals surface area (Å²) in [6.45, 7) is 2.93. The van der Waals surface area contributed by atoms with Crippen molar-refractivity contribution in [1.29, 1.82) is 0 Å². The lowest BCUT2D eigenvalue weighted by Crippen LogP contribution is -2.09. The van der Waals surface area contributed by atoms with Gasteiger partial charge in [0, 0.05) is 36.5 Å². The lowest BCUT2D eigenvalue weighted by molar-refractivity contribution is 0.0705. The molecule has 2 heterocycles. The van der Waals surface area contributed by atoms with Crippen LogP contribution in [0, 0.1) is 0 Å². The Morgan fingerprint density at radius 3 is 3.11 bits per heavy atom. The maximum absolute atomic E-state index is 5.40. The van der Waals surface area contributed by atoms with Crippen LogP contribution in [0.15, 0.2) is 23.7 Å². The minimum atomic E-state index is 0.656. The molecule has 0 unspecified atom stereocenters. The summed E-state index contributed by atoms with van der Waals surface area (Å²) in [4.78, 5) is 4.36. The first kappa shape index (κ1) is 13.3. The predicted octanol–water partition coefficient (Wildman–Crippen LogP) is 2.76. The standard InChI is InChI=1S/C13H18N2O2S/c1-16-8-9-17-7-2-5-14-13-11-4-10-18-12(11)3-6-15-13/h3-4,6,10H,2,5,7-9H2,1H3,(H,14,15). The van der Waals surface area contributed by atoms with Crippen molar-refractivity contribution in [2.24, 2.45) is 0 Å². The fourth-order valence-electron chi connectivity index (χ4n) is 1.66. The van der Waals surface area contributed by atoms with Gasteiger partial charge in [-0.3, -0.25) is 0 Å². The average molecular weight is 266 g/mol. The number of anilines is 1. The third-order valence-electron chi connectivity index (χ3n) is 2.57. The van der Waals surface area contributed by atoms with Crippen LogP contribution in [0.3, 0.4) is 0 Å². The molecule has 0 saturated heterocycles. The van der Waals surface area contributed by atoms with E-state index in [2.05, 4.69) is 21.7 Å². The second-order valence-electron chi connectivity index (χ2n) is 3.88. The first-order valence-electron chi connectivity index (χ1n) is 6.04. The van der Waals surface area contributed by atoms with Crippen LogP contribution in [0.4, 0.5) is 5.82 Å². The molecule has 2 rings (SSSR count). The van der Waals surface area contributed by atoms with Crippen molar-refractivity contribution in [3.8, 4) is 0 Å². The zero-order valence-corrected chi connectivity index (χ0v) is 11.3. The number of nitrogens with zero attached hydrogens (tertiary/aromatic N) is 1. The average Bonchev–Trinajstić information content (AvgIpc) is 2.86. The summed E-state index contributed by atoms with van der Waals surface area (Å²) >= 11 is 1.74. The number of aromatic nitrogens is 1. The van der Waals surface area contributed by atoms with Crippen LogP contribution in [-0.4, -0.2) is 38.5 Å². The normalized spacial score (nSPS) is 10.9. The molecule has 4 nitrogen and oxygen atoms in total. The van der Waals surface area contributed by atoms with Gasteiger partial charge in [0.1, 0.15) is 5.82 Å². The SMILES string of the molecule is COCCOCCCNc1nccc2sccc12. The van der Waals surface area contributed by atoms with Crippen LogP contribution in [0.2, 0.25) is 0 Å². The maximum atomic E-state index is 5.40. The highest BCUT2D eigenvalue weighted by Gasteiger charge is 2.01. The molecule has 0 saturated carbocycles. The van der Waals surface area contributed by atoms with E-state index in [4.69, 9.17) is 9.47 Å². The van der Waals surface area contributed by atoms with Crippen molar-refractivity contribution in [2.75, 3.05) is 38.8 Å². The molecular weight excluding hydrogens is 248 g/mol. The molecule has 5 heteroatoms. The van der Waals surface area contributed by atoms with E-state index in [1.165, 1.54) is 10.1 Å². The van der Waals surface area contributed by atoms with Gasteiger partial charge in [0.05, 0.1) is 13.2 Å². The number of rotatable bonds is 8. The van der Waals surface area contributed by atoms with Crippen molar-refractivity contribution in [3.63, 3.8) is 0 Å². The van der Waals surface area contributed by atoms with Gasteiger partial charge in [-0.05, 0) is 23.9 Å². The molecule has 0 aromatic carbocycles. The molecule has 0 spiro atoms. The number of fused-ring (bicyclic) bond motifs is 1. The van der Waals surface area contributed by atoms with E-state index >= 15 is 0 Å². The van der Waals surface area contributed by atoms with E-state index in [0.29, 0.717) is 13.2 Å². The largest absolute Gasteiger partial charge is 0.382 e. The van der Waals surface area contributed by atoms with Gasteiger partial charge in [-0.2, -0.15) is 0 Å². The molecule has 0 bridgehead atoms. The van der Waals surface area contributed by atoms with Crippen LogP contribution in [0.5, 0.6) is 0 Å². The van der Waals surface area contributed by atoms with Crippen LogP contribution >= 0.6 is 11.3 Å². The van der Waals surface area contributed by atoms with Crippen molar-refractivity contribution in [1.82, 2.24) is 4.98 Å². The van der Waals surface area contributed by atoms with Gasteiger partial charge < -0.3 is 14.8 Å². The van der Waals surface area contributed by atoms with Crippen LogP contribution in [0.25, 0.3) is 10.1 Å². The van der Waals surface area contributed by atoms with E-state index in [1.807, 2.05) is 12.3 Å². The van der Waals surface area contributed by atoms with E-state index in [1.54, 1.807) is 18.4 Å². The van der Waals surface area contributed by atoms with E-state index in [0.717, 1.165) is 25.4 Å². The molecular formula is C13H18N2O2S. The second-order valence-corrected chi connectivity index (χ2v) is 4.83. The molecule has 0 aliphatic rings. The summed E-state index contributed by atoms with van der Waals surface area (Å²) < 4.78 is 11.6. The lowest BCUT2D eigenvalue weighted by Gasteiger charge is -2.07. The first-order chi connectivity index (χ1) is 8.92. The van der Waals surface area contributed by atoms with Gasteiger partial charge in [0.15, 0.2) is 0 Å². The molecule has 0 aliphatic heterocycles. The van der Waals surface area contributed by atoms with Crippen molar-refractivity contribution in [3.05, 3.63) is 23.7 Å². The van der Waals surface area contributed by atoms with Gasteiger partial charge in [0.25, 0.3) is 0 Å². The highest BCUT2D eigenvalue weighted by Crippen LogP contribution is 2.25. The third-order valence-corrected chi connectivity index (χ3v) is 3.45. The zero-order chi connectivity index (χ0) is 12.6. The number of methoxy groups -OCH3 is 1. The highest BCUT2D eigenvalue weighted by molar-refractivity contribution is 7.17. The topological polar surface area (TPSA) is 43.4 Å². The summed E-state index contributed by atoms with van der Waals surface area (Å²) in [6.07, 6.45) is 2.81. The Morgan fingerprint density at radius 2 is 2.22 bits per heavy atom. The van der Waals surface area contributed by atoms with E-state index in [9.17, 15) is 0 Å². The fraction of sp³-hybridized carbons (Fsp3) is 0.462. The third kappa shape index (κ3) is 3.66. The smallest absolute Gasteiger partial charge is 0.134 e. The molecule has 2 aromatic heterocycles. The molecule has 98 valence electrons. The molecule has 2 aromatic rings. The second kappa shape index (κ2) is 7.31. The minimum Gasteiger partial charge on any atom is -0.382 e. The summed E-state index contributed by atoms with van der Waals surface area (Å²) in [6, 6.07) is 4.14. The summed E-state index contributed by atoms with van der Waals surface area (Å²) in [5.41, 5.74) is 0. The van der Waals surface area contributed by atoms with Gasteiger partial charge in [0.2, 0.25) is 0 Å². The maximum Gasteiger partial charge on any atom is 0.134 e. The number of ether oxygens (including phenoxy) is 2. The fourth-order valence-corrected chi connectivity index (χ4v) is 2.44.